The highest BCUT2D eigenvalue weighted by Gasteiger charge is 2.28. The lowest BCUT2D eigenvalue weighted by molar-refractivity contribution is -0.136. The van der Waals surface area contributed by atoms with Gasteiger partial charge in [0.15, 0.2) is 0 Å². The van der Waals surface area contributed by atoms with E-state index in [-0.39, 0.29) is 30.6 Å². The summed E-state index contributed by atoms with van der Waals surface area (Å²) in [5, 5.41) is 18.2. The number of aromatic nitrogens is 3. The molecule has 4 rings (SSSR count). The van der Waals surface area contributed by atoms with Crippen LogP contribution >= 0.6 is 0 Å². The van der Waals surface area contributed by atoms with Crippen LogP contribution in [0.15, 0.2) is 60.8 Å². The number of carbonyl (C=O) groups is 1. The number of aliphatic hydroxyl groups is 1. The van der Waals surface area contributed by atoms with E-state index >= 15 is 0 Å². The van der Waals surface area contributed by atoms with Crippen molar-refractivity contribution in [3.63, 3.8) is 0 Å². The molecule has 0 fully saturated rings. The van der Waals surface area contributed by atoms with Crippen molar-refractivity contribution in [2.45, 2.75) is 58.5 Å². The molecule has 3 atom stereocenters. The lowest BCUT2D eigenvalue weighted by atomic mass is 10.0. The maximum atomic E-state index is 13.0. The van der Waals surface area contributed by atoms with E-state index in [0.29, 0.717) is 39.1 Å². The quantitative estimate of drug-likeness (QED) is 0.483. The van der Waals surface area contributed by atoms with Crippen LogP contribution in [0.1, 0.15) is 37.9 Å². The van der Waals surface area contributed by atoms with Gasteiger partial charge in [-0.25, -0.2) is 0 Å². The Hall–Kier alpha value is -3.27. The Bertz CT molecular complexity index is 1140. The first-order valence-corrected chi connectivity index (χ1v) is 13.3. The monoisotopic (exact) mass is 521 g/mol. The number of benzene rings is 2. The number of fused-ring (bicyclic) bond motifs is 2. The Morgan fingerprint density at radius 1 is 1.16 bits per heavy atom. The number of aryl methyl sites for hydroxylation is 1. The van der Waals surface area contributed by atoms with Crippen LogP contribution in [0, 0.1) is 5.92 Å². The zero-order valence-electron chi connectivity index (χ0n) is 22.6. The first-order valence-electron chi connectivity index (χ1n) is 13.3. The van der Waals surface area contributed by atoms with E-state index < -0.39 is 0 Å². The SMILES string of the molecule is C[C@@H]1CN([C@@H](C)CO)C(=O)CCCn2cc(nn2)CO[C@H]1CN(C)Cc1ccc(Oc2ccccc2)cc1. The van der Waals surface area contributed by atoms with Crippen molar-refractivity contribution in [3.8, 4) is 11.5 Å². The van der Waals surface area contributed by atoms with E-state index in [9.17, 15) is 9.90 Å². The summed E-state index contributed by atoms with van der Waals surface area (Å²) in [6.07, 6.45) is 2.82. The number of rotatable bonds is 8. The standard InChI is InChI=1S/C29H39N5O4/c1-22-16-34(23(2)20-35)29(36)10-7-15-33-18-25(30-31-33)21-37-28(22)19-32(3)17-24-11-13-27(14-12-24)38-26-8-5-4-6-9-26/h4-6,8-9,11-14,18,22-23,28,35H,7,10,15-17,19-21H2,1-3H3/t22-,23+,28+/m1/s1. The normalized spacial score (nSPS) is 19.9. The molecule has 0 saturated heterocycles. The van der Waals surface area contributed by atoms with Crippen LogP contribution in [0.25, 0.3) is 0 Å². The van der Waals surface area contributed by atoms with Crippen LogP contribution in [0.5, 0.6) is 11.5 Å². The van der Waals surface area contributed by atoms with Gasteiger partial charge in [0.1, 0.15) is 17.2 Å². The van der Waals surface area contributed by atoms with Gasteiger partial charge < -0.3 is 19.5 Å². The summed E-state index contributed by atoms with van der Waals surface area (Å²) in [6, 6.07) is 17.6. The minimum atomic E-state index is -0.248. The molecule has 1 aromatic heterocycles. The number of hydrogen-bond donors (Lipinski definition) is 1. The number of hydrogen-bond acceptors (Lipinski definition) is 7. The third kappa shape index (κ3) is 7.86. The van der Waals surface area contributed by atoms with Crippen molar-refractivity contribution in [2.24, 2.45) is 5.92 Å². The topological polar surface area (TPSA) is 93.0 Å². The molecule has 9 nitrogen and oxygen atoms in total. The maximum absolute atomic E-state index is 13.0. The number of likely N-dealkylation sites (N-methyl/N-ethyl adjacent to an activating group) is 1. The third-order valence-electron chi connectivity index (χ3n) is 6.89. The highest BCUT2D eigenvalue weighted by atomic mass is 16.5. The Kier molecular flexibility index (Phi) is 9.86. The number of nitrogens with zero attached hydrogens (tertiary/aromatic N) is 5. The lowest BCUT2D eigenvalue weighted by Crippen LogP contribution is -2.47. The number of para-hydroxylation sites is 1. The van der Waals surface area contributed by atoms with Gasteiger partial charge in [-0.05, 0) is 50.2 Å². The number of ether oxygens (including phenoxy) is 2. The largest absolute Gasteiger partial charge is 0.457 e. The first kappa shape index (κ1) is 27.8. The molecule has 204 valence electrons. The van der Waals surface area contributed by atoms with E-state index in [0.717, 1.165) is 23.7 Å². The molecule has 3 aromatic rings. The van der Waals surface area contributed by atoms with E-state index in [4.69, 9.17) is 9.47 Å². The molecular formula is C29H39N5O4. The Morgan fingerprint density at radius 2 is 1.89 bits per heavy atom. The van der Waals surface area contributed by atoms with Gasteiger partial charge in [-0.3, -0.25) is 14.4 Å². The minimum Gasteiger partial charge on any atom is -0.457 e. The molecule has 38 heavy (non-hydrogen) atoms. The molecule has 9 heteroatoms. The number of aliphatic hydroxyl groups excluding tert-OH is 1. The van der Waals surface area contributed by atoms with Crippen molar-refractivity contribution in [1.82, 2.24) is 24.8 Å². The molecule has 0 unspecified atom stereocenters. The molecule has 2 heterocycles. The van der Waals surface area contributed by atoms with Gasteiger partial charge in [0, 0.05) is 38.5 Å². The molecule has 1 N–H and O–H groups in total. The zero-order valence-corrected chi connectivity index (χ0v) is 22.6. The van der Waals surface area contributed by atoms with Gasteiger partial charge in [-0.2, -0.15) is 0 Å². The average molecular weight is 522 g/mol. The summed E-state index contributed by atoms with van der Waals surface area (Å²) >= 11 is 0. The van der Waals surface area contributed by atoms with Crippen LogP contribution < -0.4 is 4.74 Å². The van der Waals surface area contributed by atoms with Gasteiger partial charge in [0.25, 0.3) is 0 Å². The molecule has 0 radical (unpaired) electrons. The van der Waals surface area contributed by atoms with E-state index in [1.807, 2.05) is 55.6 Å². The molecule has 0 spiro atoms. The summed E-state index contributed by atoms with van der Waals surface area (Å²) in [7, 11) is 2.07. The Morgan fingerprint density at radius 3 is 2.63 bits per heavy atom. The van der Waals surface area contributed by atoms with Crippen molar-refractivity contribution >= 4 is 5.91 Å². The molecule has 2 aromatic carbocycles. The fourth-order valence-electron chi connectivity index (χ4n) is 4.66. The second-order valence-corrected chi connectivity index (χ2v) is 10.2. The third-order valence-corrected chi connectivity index (χ3v) is 6.89. The molecule has 2 bridgehead atoms. The summed E-state index contributed by atoms with van der Waals surface area (Å²) < 4.78 is 14.1. The molecule has 0 saturated carbocycles. The van der Waals surface area contributed by atoms with Gasteiger partial charge in [-0.15, -0.1) is 5.10 Å². The van der Waals surface area contributed by atoms with Crippen molar-refractivity contribution in [3.05, 3.63) is 72.1 Å². The smallest absolute Gasteiger partial charge is 0.222 e. The predicted octanol–water partition coefficient (Wildman–Crippen LogP) is 3.73. The Labute approximate surface area is 225 Å². The van der Waals surface area contributed by atoms with E-state index in [2.05, 4.69) is 41.3 Å². The molecule has 1 amide bonds. The highest BCUT2D eigenvalue weighted by Crippen LogP contribution is 2.22. The van der Waals surface area contributed by atoms with Crippen LogP contribution in [0.4, 0.5) is 0 Å². The number of carbonyl (C=O) groups excluding carboxylic acids is 1. The molecule has 1 aliphatic heterocycles. The van der Waals surface area contributed by atoms with Crippen LogP contribution in [0.2, 0.25) is 0 Å². The van der Waals surface area contributed by atoms with Crippen LogP contribution in [0.3, 0.4) is 0 Å². The van der Waals surface area contributed by atoms with Crippen LogP contribution in [-0.2, 0) is 29.2 Å². The second kappa shape index (κ2) is 13.5. The number of amides is 1. The molecule has 1 aliphatic rings. The molecule has 0 aliphatic carbocycles. The Balaban J connectivity index is 1.42. The summed E-state index contributed by atoms with van der Waals surface area (Å²) in [5.74, 6) is 1.70. The lowest BCUT2D eigenvalue weighted by Gasteiger charge is -2.35. The van der Waals surface area contributed by atoms with Crippen molar-refractivity contribution in [1.29, 1.82) is 0 Å². The molecular weight excluding hydrogens is 482 g/mol. The summed E-state index contributed by atoms with van der Waals surface area (Å²) in [4.78, 5) is 17.1. The summed E-state index contributed by atoms with van der Waals surface area (Å²) in [6.45, 7) is 6.84. The zero-order chi connectivity index (χ0) is 26.9. The fourth-order valence-corrected chi connectivity index (χ4v) is 4.66. The van der Waals surface area contributed by atoms with Gasteiger partial charge in [0.2, 0.25) is 5.91 Å². The average Bonchev–Trinajstić information content (AvgIpc) is 3.38. The fraction of sp³-hybridized carbons (Fsp3) is 0.483. The second-order valence-electron chi connectivity index (χ2n) is 10.2. The predicted molar refractivity (Wildman–Crippen MR) is 145 cm³/mol. The van der Waals surface area contributed by atoms with Gasteiger partial charge in [0.05, 0.1) is 31.6 Å². The highest BCUT2D eigenvalue weighted by molar-refractivity contribution is 5.76. The van der Waals surface area contributed by atoms with Crippen molar-refractivity contribution in [2.75, 3.05) is 26.7 Å². The van der Waals surface area contributed by atoms with E-state index in [1.54, 1.807) is 9.58 Å². The van der Waals surface area contributed by atoms with E-state index in [1.165, 1.54) is 5.56 Å². The van der Waals surface area contributed by atoms with Crippen molar-refractivity contribution < 1.29 is 19.4 Å². The minimum absolute atomic E-state index is 0.0444. The maximum Gasteiger partial charge on any atom is 0.222 e. The van der Waals surface area contributed by atoms with Gasteiger partial charge in [-0.1, -0.05) is 42.5 Å². The first-order chi connectivity index (χ1) is 18.4. The van der Waals surface area contributed by atoms with Crippen LogP contribution in [-0.4, -0.2) is 74.7 Å². The summed E-state index contributed by atoms with van der Waals surface area (Å²) in [5.41, 5.74) is 1.95. The van der Waals surface area contributed by atoms with Gasteiger partial charge >= 0.3 is 0 Å².